The van der Waals surface area contributed by atoms with Crippen LogP contribution in [0.1, 0.15) is 58.3 Å². The van der Waals surface area contributed by atoms with E-state index >= 15 is 0 Å². The number of nitrogens with one attached hydrogen (secondary N) is 1. The van der Waals surface area contributed by atoms with E-state index in [2.05, 4.69) is 66.8 Å². The molecule has 0 unspecified atom stereocenters. The van der Waals surface area contributed by atoms with Gasteiger partial charge in [-0.25, -0.2) is 0 Å². The Morgan fingerprint density at radius 3 is 1.64 bits per heavy atom. The number of hydrogen-bond acceptors (Lipinski definition) is 17. The smallest absolute Gasteiger partial charge is 0.270 e. The summed E-state index contributed by atoms with van der Waals surface area (Å²) in [5.41, 5.74) is 23.1. The molecule has 5 aromatic carbocycles. The highest BCUT2D eigenvalue weighted by Gasteiger charge is 2.15. The van der Waals surface area contributed by atoms with Gasteiger partial charge in [0.15, 0.2) is 6.29 Å². The van der Waals surface area contributed by atoms with Gasteiger partial charge in [-0.05, 0) is 134 Å². The number of thioether (sulfide) groups is 3. The Morgan fingerprint density at radius 1 is 0.653 bits per heavy atom. The van der Waals surface area contributed by atoms with Crippen LogP contribution in [0.15, 0.2) is 106 Å². The van der Waals surface area contributed by atoms with E-state index in [1.807, 2.05) is 53.5 Å². The van der Waals surface area contributed by atoms with Crippen LogP contribution in [0, 0.1) is 30.3 Å². The van der Waals surface area contributed by atoms with Crippen molar-refractivity contribution in [3.63, 3.8) is 0 Å². The summed E-state index contributed by atoms with van der Waals surface area (Å²) in [4.78, 5) is 46.6. The molecule has 24 heteroatoms. The number of carbonyl (C=O) groups excluding carboxylic acids is 1. The molecule has 8 rings (SSSR count). The molecule has 0 saturated carbocycles. The molecule has 0 aromatic heterocycles. The van der Waals surface area contributed by atoms with Gasteiger partial charge in [-0.1, -0.05) is 23.2 Å². The number of anilines is 2. The van der Waals surface area contributed by atoms with Crippen molar-refractivity contribution in [2.75, 3.05) is 66.9 Å². The number of nitrogens with zero attached hydrogens (tertiary/aromatic N) is 4. The van der Waals surface area contributed by atoms with E-state index in [1.54, 1.807) is 12.1 Å². The summed E-state index contributed by atoms with van der Waals surface area (Å²) in [5, 5.41) is 35.2. The molecule has 7 N–H and O–H groups in total. The lowest BCUT2D eigenvalue weighted by atomic mass is 10.1. The molecule has 72 heavy (non-hydrogen) atoms. The number of nitrogen functional groups attached to an aromatic ring is 2. The second-order valence-corrected chi connectivity index (χ2v) is 20.6. The summed E-state index contributed by atoms with van der Waals surface area (Å²) in [5.74, 6) is 5.07. The molecule has 0 bridgehead atoms. The van der Waals surface area contributed by atoms with Crippen LogP contribution in [-0.4, -0.2) is 81.4 Å². The van der Waals surface area contributed by atoms with Crippen LogP contribution >= 0.6 is 109 Å². The van der Waals surface area contributed by atoms with Crippen molar-refractivity contribution in [1.29, 1.82) is 0 Å². The minimum atomic E-state index is -0.580. The fourth-order valence-corrected chi connectivity index (χ4v) is 10.3. The summed E-state index contributed by atoms with van der Waals surface area (Å²) in [6, 6.07) is 25.8. The molecule has 15 nitrogen and oxygen atoms in total. The van der Waals surface area contributed by atoms with Crippen molar-refractivity contribution >= 4 is 143 Å². The lowest BCUT2D eigenvalue weighted by molar-refractivity contribution is -0.385. The molecule has 0 fully saturated rings. The predicted molar refractivity (Wildman–Crippen MR) is 314 cm³/mol. The van der Waals surface area contributed by atoms with Gasteiger partial charge in [0.1, 0.15) is 0 Å². The molecule has 3 aliphatic heterocycles. The predicted octanol–water partition coefficient (Wildman–Crippen LogP) is 12.6. The molecule has 5 aromatic rings. The van der Waals surface area contributed by atoms with Gasteiger partial charge in [-0.2, -0.15) is 25.3 Å². The lowest BCUT2D eigenvalue weighted by Crippen LogP contribution is -2.18. The average Bonchev–Trinajstić information content (AvgIpc) is 3.82. The minimum Gasteiger partial charge on any atom is -0.399 e. The van der Waals surface area contributed by atoms with E-state index in [-0.39, 0.29) is 57.4 Å². The zero-order chi connectivity index (χ0) is 51.4. The van der Waals surface area contributed by atoms with Gasteiger partial charge >= 0.3 is 0 Å². The maximum atomic E-state index is 10.6. The molecule has 0 aliphatic carbocycles. The number of nitro benzene ring substituents is 3. The molecule has 0 radical (unpaired) electrons. The first kappa shape index (κ1) is 66.4. The fourth-order valence-electron chi connectivity index (χ4n) is 6.54. The number of halogens is 4. The van der Waals surface area contributed by atoms with Gasteiger partial charge < -0.3 is 27.4 Å². The van der Waals surface area contributed by atoms with Gasteiger partial charge in [0.2, 0.25) is 0 Å². The third-order valence-electron chi connectivity index (χ3n) is 10.1. The number of thiol groups is 2. The third kappa shape index (κ3) is 24.6. The SMILES string of the molecule is CN1CCSc2ccc(N)cc2C1.Cl.Cl.NCCS.Nc1ccc2c(c1)CCCCS2.O=Cc1cc([N+](=O)[O-])ccc1Cl.O=[N+]([O-])c1ccc(Cl)c(CNCCS)c1.O=[N+]([O-])c1ccc2c(c1)CCCCS2. The summed E-state index contributed by atoms with van der Waals surface area (Å²) in [6.07, 6.45) is 7.64. The van der Waals surface area contributed by atoms with E-state index in [9.17, 15) is 35.1 Å². The second-order valence-electron chi connectivity index (χ2n) is 15.5. The van der Waals surface area contributed by atoms with Gasteiger partial charge in [0.25, 0.3) is 17.1 Å². The molecule has 3 heterocycles. The van der Waals surface area contributed by atoms with Crippen LogP contribution in [-0.2, 0) is 25.9 Å². The number of hydrogen-bond donors (Lipinski definition) is 6. The highest BCUT2D eigenvalue weighted by atomic mass is 35.5. The number of carbonyl (C=O) groups is 1. The highest BCUT2D eigenvalue weighted by Crippen LogP contribution is 2.33. The van der Waals surface area contributed by atoms with E-state index < -0.39 is 9.85 Å². The molecule has 0 saturated heterocycles. The Morgan fingerprint density at radius 2 is 1.11 bits per heavy atom. The van der Waals surface area contributed by atoms with Crippen LogP contribution in [0.4, 0.5) is 28.4 Å². The number of rotatable bonds is 9. The maximum Gasteiger partial charge on any atom is 0.270 e. The Kier molecular flexibility index (Phi) is 34.2. The first-order chi connectivity index (χ1) is 33.6. The normalized spacial score (nSPS) is 13.2. The molecule has 0 spiro atoms. The summed E-state index contributed by atoms with van der Waals surface area (Å²) < 4.78 is 0. The number of non-ortho nitro benzene ring substituents is 3. The highest BCUT2D eigenvalue weighted by molar-refractivity contribution is 7.99. The van der Waals surface area contributed by atoms with Gasteiger partial charge in [0.05, 0.1) is 19.8 Å². The van der Waals surface area contributed by atoms with E-state index in [0.717, 1.165) is 72.5 Å². The van der Waals surface area contributed by atoms with Crippen LogP contribution in [0.2, 0.25) is 10.0 Å². The molecular formula is C48H62Cl4N8O7S5. The molecule has 0 amide bonds. The van der Waals surface area contributed by atoms with Gasteiger partial charge in [0, 0.05) is 123 Å². The van der Waals surface area contributed by atoms with Crippen molar-refractivity contribution in [3.05, 3.63) is 159 Å². The Balaban J connectivity index is 0.000000439. The molecule has 3 aliphatic rings. The molecule has 0 atom stereocenters. The first-order valence-electron chi connectivity index (χ1n) is 22.2. The third-order valence-corrected chi connectivity index (χ3v) is 14.8. The van der Waals surface area contributed by atoms with Crippen LogP contribution < -0.4 is 22.5 Å². The number of aryl methyl sites for hydroxylation is 2. The monoisotopic (exact) mass is 1160 g/mol. The topological polar surface area (TPSA) is 240 Å². The van der Waals surface area contributed by atoms with Crippen molar-refractivity contribution in [2.45, 2.75) is 66.3 Å². The number of nitro groups is 3. The quantitative estimate of drug-likeness (QED) is 0.0201. The van der Waals surface area contributed by atoms with Gasteiger partial charge in [-0.3, -0.25) is 35.1 Å². The summed E-state index contributed by atoms with van der Waals surface area (Å²) in [6.45, 7) is 4.11. The van der Waals surface area contributed by atoms with E-state index in [0.29, 0.717) is 30.2 Å². The van der Waals surface area contributed by atoms with Crippen molar-refractivity contribution in [2.24, 2.45) is 5.73 Å². The van der Waals surface area contributed by atoms with Crippen LogP contribution in [0.5, 0.6) is 0 Å². The molecular weight excluding hydrogens is 1100 g/mol. The Hall–Kier alpha value is -3.64. The number of benzene rings is 5. The average molecular weight is 1170 g/mol. The largest absolute Gasteiger partial charge is 0.399 e. The minimum absolute atomic E-state index is 0. The van der Waals surface area contributed by atoms with Gasteiger partial charge in [-0.15, -0.1) is 60.1 Å². The summed E-state index contributed by atoms with van der Waals surface area (Å²) in [7, 11) is 2.15. The number of nitrogens with two attached hydrogens (primary N) is 3. The van der Waals surface area contributed by atoms with Crippen molar-refractivity contribution in [1.82, 2.24) is 10.2 Å². The fraction of sp³-hybridized carbons (Fsp3) is 0.354. The Labute approximate surface area is 467 Å². The number of aldehydes is 1. The van der Waals surface area contributed by atoms with Crippen molar-refractivity contribution < 1.29 is 19.6 Å². The van der Waals surface area contributed by atoms with Crippen LogP contribution in [0.3, 0.4) is 0 Å². The molecule has 394 valence electrons. The standard InChI is InChI=1S/C10H14N2S.C10H11NO2S.C10H13NS.C9H11ClN2O2S.C7H4ClNO3.C2H7NS.2ClH/c1-12-4-5-13-10-3-2-9(11)6-8(10)7-12;12-11(13)9-4-5-10-8(7-9)3-1-2-6-14-10;11-9-4-5-10-8(7-9)3-1-2-6-12-10;10-9-2-1-8(12(13)14)5-7(9)6-11-3-4-15;8-7-2-1-6(9(11)12)3-5(7)4-10;3-1-2-4;;/h2-3,6H,4-5,7,11H2,1H3;4-5,7H,1-3,6H2;4-5,7H,1-3,6,11H2;1-2,5,11,15H,3-4,6H2;1-4H;4H,1-3H2;2*1H. The van der Waals surface area contributed by atoms with Crippen LogP contribution in [0.25, 0.3) is 0 Å². The lowest BCUT2D eigenvalue weighted by Gasteiger charge is -2.12. The van der Waals surface area contributed by atoms with E-state index in [1.165, 1.54) is 93.3 Å². The van der Waals surface area contributed by atoms with E-state index in [4.69, 9.17) is 40.4 Å². The van der Waals surface area contributed by atoms with Crippen molar-refractivity contribution in [3.8, 4) is 0 Å². The Bertz CT molecular complexity index is 2490. The second kappa shape index (κ2) is 37.1. The zero-order valence-corrected chi connectivity index (χ0v) is 47.0. The number of fused-ring (bicyclic) bond motifs is 3. The zero-order valence-electron chi connectivity index (χ0n) is 39.6. The maximum absolute atomic E-state index is 10.6. The first-order valence-corrected chi connectivity index (χ1v) is 27.1. The summed E-state index contributed by atoms with van der Waals surface area (Å²) >= 11 is 25.0.